The molecule has 0 spiro atoms. The second-order valence-corrected chi connectivity index (χ2v) is 4.28. The number of nitrogens with zero attached hydrogens (tertiary/aromatic N) is 2. The lowest BCUT2D eigenvalue weighted by Gasteiger charge is -2.09. The van der Waals surface area contributed by atoms with E-state index in [0.717, 1.165) is 0 Å². The average molecular weight is 289 g/mol. The highest BCUT2D eigenvalue weighted by Gasteiger charge is 2.21. The number of para-hydroxylation sites is 2. The zero-order valence-corrected chi connectivity index (χ0v) is 11.6. The molecule has 1 aromatic heterocycles. The van der Waals surface area contributed by atoms with E-state index < -0.39 is 18.0 Å². The summed E-state index contributed by atoms with van der Waals surface area (Å²) in [5.74, 6) is -1.34. The first-order valence-corrected chi connectivity index (χ1v) is 6.22. The molecule has 1 atom stereocenters. The van der Waals surface area contributed by atoms with Crippen LogP contribution in [0.2, 0.25) is 0 Å². The number of nitrogen functional groups attached to an aromatic ring is 1. The fourth-order valence-electron chi connectivity index (χ4n) is 1.70. The Morgan fingerprint density at radius 1 is 1.29 bits per heavy atom. The Labute approximate surface area is 121 Å². The van der Waals surface area contributed by atoms with E-state index in [9.17, 15) is 9.59 Å². The van der Waals surface area contributed by atoms with Crippen LogP contribution in [0.25, 0.3) is 5.69 Å². The molecule has 21 heavy (non-hydrogen) atoms. The van der Waals surface area contributed by atoms with Crippen LogP contribution in [0, 0.1) is 0 Å². The summed E-state index contributed by atoms with van der Waals surface area (Å²) in [5, 5.41) is 4.09. The number of anilines is 1. The molecular weight excluding hydrogens is 274 g/mol. The van der Waals surface area contributed by atoms with Gasteiger partial charge in [-0.2, -0.15) is 5.10 Å². The van der Waals surface area contributed by atoms with E-state index in [2.05, 4.69) is 9.84 Å². The summed E-state index contributed by atoms with van der Waals surface area (Å²) in [6, 6.07) is 8.60. The fourth-order valence-corrected chi connectivity index (χ4v) is 1.70. The number of hydrogen-bond acceptors (Lipinski definition) is 6. The van der Waals surface area contributed by atoms with E-state index in [1.165, 1.54) is 24.8 Å². The minimum Gasteiger partial charge on any atom is -0.466 e. The molecule has 110 valence electrons. The number of carbonyl (C=O) groups excluding carboxylic acids is 2. The molecule has 0 saturated heterocycles. The van der Waals surface area contributed by atoms with Crippen molar-refractivity contribution in [1.29, 1.82) is 0 Å². The van der Waals surface area contributed by atoms with Gasteiger partial charge in [-0.25, -0.2) is 14.3 Å². The summed E-state index contributed by atoms with van der Waals surface area (Å²) in [6.45, 7) is 1.43. The van der Waals surface area contributed by atoms with Crippen molar-refractivity contribution < 1.29 is 19.1 Å². The third kappa shape index (κ3) is 3.19. The van der Waals surface area contributed by atoms with E-state index in [0.29, 0.717) is 11.4 Å². The van der Waals surface area contributed by atoms with Crippen LogP contribution in [-0.4, -0.2) is 34.9 Å². The van der Waals surface area contributed by atoms with Crippen molar-refractivity contribution in [2.45, 2.75) is 13.0 Å². The van der Waals surface area contributed by atoms with Crippen LogP contribution in [0.5, 0.6) is 0 Å². The van der Waals surface area contributed by atoms with Crippen LogP contribution in [0.3, 0.4) is 0 Å². The predicted molar refractivity (Wildman–Crippen MR) is 74.9 cm³/mol. The van der Waals surface area contributed by atoms with Crippen molar-refractivity contribution in [2.24, 2.45) is 0 Å². The number of esters is 2. The summed E-state index contributed by atoms with van der Waals surface area (Å²) >= 11 is 0. The summed E-state index contributed by atoms with van der Waals surface area (Å²) in [7, 11) is 1.22. The van der Waals surface area contributed by atoms with Crippen molar-refractivity contribution >= 4 is 17.6 Å². The molecule has 0 aliphatic heterocycles. The molecule has 1 heterocycles. The number of rotatable bonds is 4. The molecule has 2 N–H and O–H groups in total. The molecule has 7 nitrogen and oxygen atoms in total. The molecule has 0 bridgehead atoms. The highest BCUT2D eigenvalue weighted by molar-refractivity contribution is 5.89. The first-order chi connectivity index (χ1) is 10.0. The zero-order valence-electron chi connectivity index (χ0n) is 11.6. The lowest BCUT2D eigenvalue weighted by Crippen LogP contribution is -2.25. The Balaban J connectivity index is 2.15. The van der Waals surface area contributed by atoms with Crippen LogP contribution < -0.4 is 5.73 Å². The van der Waals surface area contributed by atoms with E-state index in [-0.39, 0.29) is 5.69 Å². The monoisotopic (exact) mass is 289 g/mol. The minimum absolute atomic E-state index is 0.0778. The summed E-state index contributed by atoms with van der Waals surface area (Å²) < 4.78 is 10.9. The molecule has 2 aromatic rings. The first-order valence-electron chi connectivity index (χ1n) is 6.22. The van der Waals surface area contributed by atoms with Gasteiger partial charge in [0.1, 0.15) is 0 Å². The van der Waals surface area contributed by atoms with Gasteiger partial charge in [-0.15, -0.1) is 0 Å². The average Bonchev–Trinajstić information content (AvgIpc) is 2.96. The topological polar surface area (TPSA) is 96.4 Å². The number of ether oxygens (including phenoxy) is 2. The lowest BCUT2D eigenvalue weighted by atomic mass is 10.3. The van der Waals surface area contributed by atoms with Crippen LogP contribution in [0.4, 0.5) is 5.69 Å². The van der Waals surface area contributed by atoms with Crippen molar-refractivity contribution in [2.75, 3.05) is 12.8 Å². The van der Waals surface area contributed by atoms with Crippen molar-refractivity contribution in [3.05, 3.63) is 42.2 Å². The van der Waals surface area contributed by atoms with Crippen molar-refractivity contribution in [1.82, 2.24) is 9.78 Å². The van der Waals surface area contributed by atoms with E-state index in [1.807, 2.05) is 6.07 Å². The SMILES string of the molecule is COC(=O)C(C)OC(=O)c1ccn(-c2ccccc2N)n1. The molecule has 0 radical (unpaired) electrons. The van der Waals surface area contributed by atoms with Gasteiger partial charge >= 0.3 is 11.9 Å². The standard InChI is InChI=1S/C14H15N3O4/c1-9(13(18)20-2)21-14(19)11-7-8-17(16-11)12-6-4-3-5-10(12)15/h3-9H,15H2,1-2H3. The maximum Gasteiger partial charge on any atom is 0.359 e. The molecule has 7 heteroatoms. The Morgan fingerprint density at radius 3 is 2.67 bits per heavy atom. The quantitative estimate of drug-likeness (QED) is 0.670. The predicted octanol–water partition coefficient (Wildman–Crippen LogP) is 1.17. The number of hydrogen-bond donors (Lipinski definition) is 1. The molecule has 0 aliphatic rings. The van der Waals surface area contributed by atoms with Gasteiger partial charge in [0.2, 0.25) is 0 Å². The molecule has 0 amide bonds. The summed E-state index contributed by atoms with van der Waals surface area (Å²) in [4.78, 5) is 23.1. The van der Waals surface area contributed by atoms with Gasteiger partial charge in [-0.05, 0) is 25.1 Å². The minimum atomic E-state index is -0.991. The van der Waals surface area contributed by atoms with Crippen molar-refractivity contribution in [3.8, 4) is 5.69 Å². The number of methoxy groups -OCH3 is 1. The molecule has 2 rings (SSSR count). The molecule has 1 aromatic carbocycles. The van der Waals surface area contributed by atoms with Gasteiger partial charge in [-0.3, -0.25) is 0 Å². The van der Waals surface area contributed by atoms with Gasteiger partial charge in [-0.1, -0.05) is 12.1 Å². The Hall–Kier alpha value is -2.83. The largest absolute Gasteiger partial charge is 0.466 e. The van der Waals surface area contributed by atoms with Crippen LogP contribution in [0.1, 0.15) is 17.4 Å². The van der Waals surface area contributed by atoms with E-state index in [1.54, 1.807) is 24.4 Å². The smallest absolute Gasteiger partial charge is 0.359 e. The maximum atomic E-state index is 11.9. The Morgan fingerprint density at radius 2 is 2.00 bits per heavy atom. The lowest BCUT2D eigenvalue weighted by molar-refractivity contribution is -0.149. The Bertz CT molecular complexity index is 666. The molecular formula is C14H15N3O4. The number of aromatic nitrogens is 2. The summed E-state index contributed by atoms with van der Waals surface area (Å²) in [6.07, 6.45) is 0.597. The highest BCUT2D eigenvalue weighted by Crippen LogP contribution is 2.16. The molecule has 0 fully saturated rings. The van der Waals surface area contributed by atoms with Crippen LogP contribution in [-0.2, 0) is 14.3 Å². The Kier molecular flexibility index (Phi) is 4.22. The molecule has 0 saturated carbocycles. The van der Waals surface area contributed by atoms with Crippen LogP contribution in [0.15, 0.2) is 36.5 Å². The van der Waals surface area contributed by atoms with Crippen LogP contribution >= 0.6 is 0 Å². The van der Waals surface area contributed by atoms with Gasteiger partial charge in [0.05, 0.1) is 18.5 Å². The van der Waals surface area contributed by atoms with Gasteiger partial charge < -0.3 is 15.2 Å². The molecule has 1 unspecified atom stereocenters. The summed E-state index contributed by atoms with van der Waals surface area (Å²) in [5.41, 5.74) is 7.10. The maximum absolute atomic E-state index is 11.9. The molecule has 0 aliphatic carbocycles. The third-order valence-electron chi connectivity index (χ3n) is 2.80. The number of benzene rings is 1. The number of carbonyl (C=O) groups is 2. The highest BCUT2D eigenvalue weighted by atomic mass is 16.6. The van der Waals surface area contributed by atoms with Gasteiger partial charge in [0.25, 0.3) is 0 Å². The first kappa shape index (κ1) is 14.6. The second kappa shape index (κ2) is 6.08. The third-order valence-corrected chi connectivity index (χ3v) is 2.80. The van der Waals surface area contributed by atoms with Gasteiger partial charge in [0.15, 0.2) is 11.8 Å². The van der Waals surface area contributed by atoms with Gasteiger partial charge in [0, 0.05) is 6.20 Å². The van der Waals surface area contributed by atoms with Crippen molar-refractivity contribution in [3.63, 3.8) is 0 Å². The fraction of sp³-hybridized carbons (Fsp3) is 0.214. The second-order valence-electron chi connectivity index (χ2n) is 4.28. The zero-order chi connectivity index (χ0) is 15.4. The van der Waals surface area contributed by atoms with E-state index in [4.69, 9.17) is 10.5 Å². The number of nitrogens with two attached hydrogens (primary N) is 1. The van der Waals surface area contributed by atoms with E-state index >= 15 is 0 Å². The normalized spacial score (nSPS) is 11.7.